The first-order valence-electron chi connectivity index (χ1n) is 11.9. The average molecular weight is 485 g/mol. The van der Waals surface area contributed by atoms with Gasteiger partial charge in [-0.25, -0.2) is 4.79 Å². The molecule has 3 aromatic rings. The second-order valence-electron chi connectivity index (χ2n) is 8.96. The molecule has 0 atom stereocenters. The largest absolute Gasteiger partial charge is 0.478 e. The van der Waals surface area contributed by atoms with Gasteiger partial charge in [-0.15, -0.1) is 0 Å². The van der Waals surface area contributed by atoms with E-state index in [0.717, 1.165) is 16.7 Å². The lowest BCUT2D eigenvalue weighted by Gasteiger charge is -2.37. The minimum atomic E-state index is -1.04. The van der Waals surface area contributed by atoms with Crippen molar-refractivity contribution in [1.82, 2.24) is 9.88 Å². The van der Waals surface area contributed by atoms with Crippen LogP contribution in [-0.2, 0) is 20.9 Å². The fourth-order valence-electron chi connectivity index (χ4n) is 4.84. The fourth-order valence-corrected chi connectivity index (χ4v) is 4.84. The number of fused-ring (bicyclic) bond motifs is 1. The van der Waals surface area contributed by atoms with Crippen LogP contribution in [0.4, 0.5) is 4.79 Å². The van der Waals surface area contributed by atoms with Crippen LogP contribution in [0.1, 0.15) is 29.5 Å². The molecule has 0 bridgehead atoms. The Bertz CT molecular complexity index is 1330. The third-order valence-corrected chi connectivity index (χ3v) is 6.80. The molecule has 0 radical (unpaired) electrons. The van der Waals surface area contributed by atoms with Gasteiger partial charge in [0.05, 0.1) is 5.57 Å². The molecular formula is C28H24N2O6. The number of Topliss-reactive ketones (excluding diaryl/α,β-unsaturated/α-hetero) is 1. The lowest BCUT2D eigenvalue weighted by Crippen LogP contribution is -2.50. The van der Waals surface area contributed by atoms with E-state index in [4.69, 9.17) is 18.9 Å². The predicted octanol–water partition coefficient (Wildman–Crippen LogP) is 4.45. The number of nitrogens with zero attached hydrogens (tertiary/aromatic N) is 2. The first-order chi connectivity index (χ1) is 17.6. The third-order valence-electron chi connectivity index (χ3n) is 6.80. The number of likely N-dealkylation sites (tertiary alicyclic amines) is 1. The summed E-state index contributed by atoms with van der Waals surface area (Å²) in [4.78, 5) is 32.3. The van der Waals surface area contributed by atoms with Crippen molar-refractivity contribution < 1.29 is 28.5 Å². The number of ketones is 1. The molecule has 1 saturated heterocycles. The Labute approximate surface area is 208 Å². The lowest BCUT2D eigenvalue weighted by molar-refractivity contribution is -0.131. The van der Waals surface area contributed by atoms with Gasteiger partial charge in [0.2, 0.25) is 12.6 Å². The second-order valence-corrected chi connectivity index (χ2v) is 8.96. The maximum Gasteiger partial charge on any atom is 0.410 e. The summed E-state index contributed by atoms with van der Waals surface area (Å²) in [6, 6.07) is 18.7. The Hall–Kier alpha value is -4.33. The number of benzene rings is 2. The first-order valence-corrected chi connectivity index (χ1v) is 11.9. The maximum atomic E-state index is 13.9. The molecule has 6 rings (SSSR count). The van der Waals surface area contributed by atoms with E-state index in [9.17, 15) is 9.59 Å². The van der Waals surface area contributed by atoms with Crippen molar-refractivity contribution in [3.8, 4) is 11.5 Å². The monoisotopic (exact) mass is 484 g/mol. The summed E-state index contributed by atoms with van der Waals surface area (Å²) in [6.45, 7) is 1.09. The number of carbonyl (C=O) groups is 2. The summed E-state index contributed by atoms with van der Waals surface area (Å²) in [5.41, 5.74) is 1.87. The molecule has 1 aromatic heterocycles. The van der Waals surface area contributed by atoms with E-state index in [-0.39, 0.29) is 19.2 Å². The maximum absolute atomic E-state index is 13.9. The van der Waals surface area contributed by atoms with Crippen molar-refractivity contribution in [3.05, 3.63) is 89.7 Å². The summed E-state index contributed by atoms with van der Waals surface area (Å²) in [6.07, 6.45) is 3.66. The van der Waals surface area contributed by atoms with Crippen molar-refractivity contribution in [3.63, 3.8) is 0 Å². The van der Waals surface area contributed by atoms with Crippen molar-refractivity contribution in [2.75, 3.05) is 19.9 Å². The van der Waals surface area contributed by atoms with Gasteiger partial charge in [-0.3, -0.25) is 9.78 Å². The Balaban J connectivity index is 1.22. The van der Waals surface area contributed by atoms with Gasteiger partial charge in [0, 0.05) is 43.9 Å². The summed E-state index contributed by atoms with van der Waals surface area (Å²) >= 11 is 0. The van der Waals surface area contributed by atoms with Crippen LogP contribution < -0.4 is 9.47 Å². The van der Waals surface area contributed by atoms with E-state index >= 15 is 0 Å². The van der Waals surface area contributed by atoms with Crippen LogP contribution in [0.3, 0.4) is 0 Å². The van der Waals surface area contributed by atoms with Crippen LogP contribution in [-0.4, -0.2) is 47.2 Å². The molecule has 3 aliphatic heterocycles. The topological polar surface area (TPSA) is 87.2 Å². The Kier molecular flexibility index (Phi) is 5.56. The van der Waals surface area contributed by atoms with Crippen LogP contribution in [0.15, 0.2) is 73.1 Å². The molecule has 0 aliphatic carbocycles. The molecule has 1 amide bonds. The van der Waals surface area contributed by atoms with E-state index < -0.39 is 11.7 Å². The smallest absolute Gasteiger partial charge is 0.410 e. The van der Waals surface area contributed by atoms with Crippen molar-refractivity contribution >= 4 is 23.2 Å². The minimum absolute atomic E-state index is 0.0846. The highest BCUT2D eigenvalue weighted by Crippen LogP contribution is 2.47. The zero-order valence-electron chi connectivity index (χ0n) is 19.5. The highest BCUT2D eigenvalue weighted by Gasteiger charge is 2.52. The zero-order chi connectivity index (χ0) is 24.5. The number of hydrogen-bond acceptors (Lipinski definition) is 7. The number of amides is 1. The number of carbonyl (C=O) groups excluding carboxylic acids is 2. The number of pyridine rings is 1. The van der Waals surface area contributed by atoms with E-state index in [1.54, 1.807) is 29.4 Å². The summed E-state index contributed by atoms with van der Waals surface area (Å²) in [7, 11) is 0. The number of hydrogen-bond donors (Lipinski definition) is 0. The SMILES string of the molecule is O=C(OCc1ccccc1)N1CCC2(CC1)OC(c1ccc3c(c1)OCO3)=C(c1ccncc1)C2=O. The average Bonchev–Trinajstić information content (AvgIpc) is 3.51. The highest BCUT2D eigenvalue weighted by atomic mass is 16.7. The van der Waals surface area contributed by atoms with Gasteiger partial charge in [0.15, 0.2) is 17.1 Å². The molecule has 1 fully saturated rings. The molecule has 2 aromatic carbocycles. The van der Waals surface area contributed by atoms with Gasteiger partial charge < -0.3 is 23.8 Å². The van der Waals surface area contributed by atoms with Crippen LogP contribution in [0.5, 0.6) is 11.5 Å². The van der Waals surface area contributed by atoms with E-state index in [1.807, 2.05) is 48.5 Å². The number of rotatable bonds is 4. The van der Waals surface area contributed by atoms with Gasteiger partial charge >= 0.3 is 6.09 Å². The quantitative estimate of drug-likeness (QED) is 0.541. The van der Waals surface area contributed by atoms with Crippen LogP contribution >= 0.6 is 0 Å². The Morgan fingerprint density at radius 2 is 1.69 bits per heavy atom. The minimum Gasteiger partial charge on any atom is -0.478 e. The van der Waals surface area contributed by atoms with E-state index in [0.29, 0.717) is 48.8 Å². The zero-order valence-corrected chi connectivity index (χ0v) is 19.5. The van der Waals surface area contributed by atoms with Crippen molar-refractivity contribution in [1.29, 1.82) is 0 Å². The van der Waals surface area contributed by atoms with E-state index in [2.05, 4.69) is 4.98 Å². The van der Waals surface area contributed by atoms with Gasteiger partial charge in [0.25, 0.3) is 0 Å². The summed E-state index contributed by atoms with van der Waals surface area (Å²) < 4.78 is 23.0. The van der Waals surface area contributed by atoms with Gasteiger partial charge in [-0.05, 0) is 41.5 Å². The molecule has 0 N–H and O–H groups in total. The Morgan fingerprint density at radius 3 is 2.47 bits per heavy atom. The summed E-state index contributed by atoms with van der Waals surface area (Å²) in [5, 5.41) is 0. The first kappa shape index (κ1) is 22.2. The van der Waals surface area contributed by atoms with Gasteiger partial charge in [-0.2, -0.15) is 0 Å². The molecule has 8 heteroatoms. The third kappa shape index (κ3) is 3.94. The standard InChI is InChI=1S/C28H24N2O6/c31-26-24(20-8-12-29-13-9-20)25(21-6-7-22-23(16-21)35-18-34-22)36-28(26)10-14-30(15-11-28)27(32)33-17-19-4-2-1-3-5-19/h1-9,12-13,16H,10-11,14-15,17-18H2. The van der Waals surface area contributed by atoms with Gasteiger partial charge in [0.1, 0.15) is 12.4 Å². The highest BCUT2D eigenvalue weighted by molar-refractivity contribution is 6.33. The van der Waals surface area contributed by atoms with Crippen molar-refractivity contribution in [2.45, 2.75) is 25.0 Å². The van der Waals surface area contributed by atoms with Crippen molar-refractivity contribution in [2.24, 2.45) is 0 Å². The Morgan fingerprint density at radius 1 is 0.944 bits per heavy atom. The second kappa shape index (κ2) is 9.03. The lowest BCUT2D eigenvalue weighted by atomic mass is 9.83. The molecule has 3 aliphatic rings. The summed E-state index contributed by atoms with van der Waals surface area (Å²) in [5.74, 6) is 1.69. The fraction of sp³-hybridized carbons (Fsp3) is 0.250. The van der Waals surface area contributed by atoms with Crippen LogP contribution in [0.25, 0.3) is 11.3 Å². The molecular weight excluding hydrogens is 460 g/mol. The predicted molar refractivity (Wildman–Crippen MR) is 130 cm³/mol. The molecule has 1 spiro atoms. The molecule has 8 nitrogen and oxygen atoms in total. The molecule has 36 heavy (non-hydrogen) atoms. The van der Waals surface area contributed by atoms with E-state index in [1.165, 1.54) is 0 Å². The number of piperidine rings is 1. The molecule has 182 valence electrons. The van der Waals surface area contributed by atoms with Gasteiger partial charge in [-0.1, -0.05) is 30.3 Å². The molecule has 0 saturated carbocycles. The normalized spacial score (nSPS) is 17.9. The molecule has 4 heterocycles. The van der Waals surface area contributed by atoms with Crippen LogP contribution in [0, 0.1) is 0 Å². The number of ether oxygens (including phenoxy) is 4. The molecule has 0 unspecified atom stereocenters. The van der Waals surface area contributed by atoms with Crippen LogP contribution in [0.2, 0.25) is 0 Å². The number of aromatic nitrogens is 1.